The maximum atomic E-state index is 12.8. The normalized spacial score (nSPS) is 11.2. The SMILES string of the molecule is CCc1cccc(C)c1N(CCC(=O)Nc1cccc(C(F)(F)F)c1)C(C)=O. The van der Waals surface area contributed by atoms with E-state index in [0.717, 1.165) is 35.4 Å². The van der Waals surface area contributed by atoms with Crippen LogP contribution >= 0.6 is 0 Å². The van der Waals surface area contributed by atoms with Crippen molar-refractivity contribution >= 4 is 23.2 Å². The lowest BCUT2D eigenvalue weighted by Crippen LogP contribution is -2.33. The third-order valence-electron chi connectivity index (χ3n) is 4.39. The number of rotatable bonds is 6. The summed E-state index contributed by atoms with van der Waals surface area (Å²) in [4.78, 5) is 25.9. The first kappa shape index (κ1) is 21.5. The molecule has 0 saturated heterocycles. The molecule has 4 nitrogen and oxygen atoms in total. The van der Waals surface area contributed by atoms with Gasteiger partial charge in [0.05, 0.1) is 5.56 Å². The number of hydrogen-bond acceptors (Lipinski definition) is 2. The number of halogens is 3. The van der Waals surface area contributed by atoms with E-state index in [2.05, 4.69) is 5.32 Å². The molecule has 0 unspecified atom stereocenters. The molecular formula is C21H23F3N2O2. The lowest BCUT2D eigenvalue weighted by atomic mass is 10.0. The molecule has 2 aromatic rings. The Labute approximate surface area is 162 Å². The molecule has 0 fully saturated rings. The van der Waals surface area contributed by atoms with Gasteiger partial charge < -0.3 is 10.2 Å². The van der Waals surface area contributed by atoms with Crippen LogP contribution in [0.2, 0.25) is 0 Å². The fraction of sp³-hybridized carbons (Fsp3) is 0.333. The molecule has 0 aliphatic heterocycles. The fourth-order valence-corrected chi connectivity index (χ4v) is 3.03. The summed E-state index contributed by atoms with van der Waals surface area (Å²) in [6, 6.07) is 10.2. The first-order valence-electron chi connectivity index (χ1n) is 8.97. The van der Waals surface area contributed by atoms with Gasteiger partial charge in [-0.15, -0.1) is 0 Å². The van der Waals surface area contributed by atoms with Crippen molar-refractivity contribution in [3.05, 3.63) is 59.2 Å². The third-order valence-corrected chi connectivity index (χ3v) is 4.39. The minimum atomic E-state index is -4.48. The van der Waals surface area contributed by atoms with E-state index in [0.29, 0.717) is 0 Å². The second-order valence-electron chi connectivity index (χ2n) is 6.48. The number of anilines is 2. The molecule has 0 atom stereocenters. The Bertz CT molecular complexity index is 863. The lowest BCUT2D eigenvalue weighted by molar-refractivity contribution is -0.137. The minimum absolute atomic E-state index is 0.0344. The molecule has 1 N–H and O–H groups in total. The van der Waals surface area contributed by atoms with Crippen LogP contribution in [0, 0.1) is 6.92 Å². The molecule has 0 saturated carbocycles. The number of para-hydroxylation sites is 1. The number of benzene rings is 2. The summed E-state index contributed by atoms with van der Waals surface area (Å²) in [6.45, 7) is 5.44. The first-order valence-corrected chi connectivity index (χ1v) is 8.97. The fourth-order valence-electron chi connectivity index (χ4n) is 3.03. The molecule has 0 heterocycles. The van der Waals surface area contributed by atoms with Gasteiger partial charge in [-0.05, 0) is 42.7 Å². The molecule has 0 bridgehead atoms. The van der Waals surface area contributed by atoms with Crippen molar-refractivity contribution in [3.63, 3.8) is 0 Å². The highest BCUT2D eigenvalue weighted by Crippen LogP contribution is 2.31. The molecule has 0 aliphatic rings. The monoisotopic (exact) mass is 392 g/mol. The molecule has 0 radical (unpaired) electrons. The van der Waals surface area contributed by atoms with Gasteiger partial charge in [-0.3, -0.25) is 9.59 Å². The molecule has 2 amide bonds. The van der Waals surface area contributed by atoms with Crippen LogP contribution < -0.4 is 10.2 Å². The van der Waals surface area contributed by atoms with Crippen molar-refractivity contribution in [1.82, 2.24) is 0 Å². The molecule has 7 heteroatoms. The highest BCUT2D eigenvalue weighted by atomic mass is 19.4. The Hall–Kier alpha value is -2.83. The molecule has 150 valence electrons. The summed E-state index contributed by atoms with van der Waals surface area (Å²) in [5.74, 6) is -0.659. The van der Waals surface area contributed by atoms with Crippen molar-refractivity contribution < 1.29 is 22.8 Å². The van der Waals surface area contributed by atoms with E-state index in [4.69, 9.17) is 0 Å². The largest absolute Gasteiger partial charge is 0.416 e. The van der Waals surface area contributed by atoms with Gasteiger partial charge in [0.15, 0.2) is 0 Å². The number of nitrogens with zero attached hydrogens (tertiary/aromatic N) is 1. The summed E-state index contributed by atoms with van der Waals surface area (Å²) in [6.07, 6.45) is -3.78. The van der Waals surface area contributed by atoms with E-state index in [-0.39, 0.29) is 24.6 Å². The van der Waals surface area contributed by atoms with E-state index in [9.17, 15) is 22.8 Å². The van der Waals surface area contributed by atoms with Crippen molar-refractivity contribution in [1.29, 1.82) is 0 Å². The summed E-state index contributed by atoms with van der Waals surface area (Å²) < 4.78 is 38.4. The minimum Gasteiger partial charge on any atom is -0.326 e. The predicted molar refractivity (Wildman–Crippen MR) is 103 cm³/mol. The van der Waals surface area contributed by atoms with Crippen LogP contribution in [0.3, 0.4) is 0 Å². The van der Waals surface area contributed by atoms with Crippen LogP contribution in [-0.2, 0) is 22.2 Å². The van der Waals surface area contributed by atoms with Crippen molar-refractivity contribution in [2.24, 2.45) is 0 Å². The summed E-state index contributed by atoms with van der Waals surface area (Å²) >= 11 is 0. The second-order valence-corrected chi connectivity index (χ2v) is 6.48. The smallest absolute Gasteiger partial charge is 0.326 e. The first-order chi connectivity index (χ1) is 13.1. The van der Waals surface area contributed by atoms with Gasteiger partial charge in [0.25, 0.3) is 0 Å². The van der Waals surface area contributed by atoms with Gasteiger partial charge in [-0.2, -0.15) is 13.2 Å². The van der Waals surface area contributed by atoms with Crippen molar-refractivity contribution in [2.45, 2.75) is 39.8 Å². The average molecular weight is 392 g/mol. The van der Waals surface area contributed by atoms with E-state index in [1.54, 1.807) is 4.90 Å². The number of carbonyl (C=O) groups is 2. The number of carbonyl (C=O) groups excluding carboxylic acids is 2. The summed E-state index contributed by atoms with van der Waals surface area (Å²) in [7, 11) is 0. The van der Waals surface area contributed by atoms with Crippen LogP contribution in [0.25, 0.3) is 0 Å². The maximum absolute atomic E-state index is 12.8. The Morgan fingerprint density at radius 3 is 2.39 bits per heavy atom. The third kappa shape index (κ3) is 5.34. The number of hydrogen-bond donors (Lipinski definition) is 1. The second kappa shape index (κ2) is 8.91. The van der Waals surface area contributed by atoms with Crippen molar-refractivity contribution in [3.8, 4) is 0 Å². The van der Waals surface area contributed by atoms with Gasteiger partial charge >= 0.3 is 6.18 Å². The van der Waals surface area contributed by atoms with Crippen LogP contribution in [-0.4, -0.2) is 18.4 Å². The highest BCUT2D eigenvalue weighted by Gasteiger charge is 2.30. The number of aryl methyl sites for hydroxylation is 2. The molecule has 0 spiro atoms. The van der Waals surface area contributed by atoms with Gasteiger partial charge in [-0.1, -0.05) is 31.2 Å². The average Bonchev–Trinajstić information content (AvgIpc) is 2.62. The zero-order chi connectivity index (χ0) is 20.9. The Balaban J connectivity index is 2.11. The standard InChI is InChI=1S/C21H23F3N2O2/c1-4-16-8-5-7-14(2)20(16)26(15(3)27)12-11-19(28)25-18-10-6-9-17(13-18)21(22,23)24/h5-10,13H,4,11-12H2,1-3H3,(H,25,28). The molecule has 0 aliphatic carbocycles. The van der Waals surface area contributed by atoms with E-state index < -0.39 is 17.6 Å². The van der Waals surface area contributed by atoms with Crippen LogP contribution in [0.1, 0.15) is 37.0 Å². The molecular weight excluding hydrogens is 369 g/mol. The van der Waals surface area contributed by atoms with Gasteiger partial charge in [0.1, 0.15) is 0 Å². The zero-order valence-corrected chi connectivity index (χ0v) is 16.1. The number of amides is 2. The van der Waals surface area contributed by atoms with Crippen molar-refractivity contribution in [2.75, 3.05) is 16.8 Å². The number of alkyl halides is 3. The van der Waals surface area contributed by atoms with Crippen LogP contribution in [0.15, 0.2) is 42.5 Å². The van der Waals surface area contributed by atoms with E-state index >= 15 is 0 Å². The van der Waals surface area contributed by atoms with Gasteiger partial charge in [0, 0.05) is 31.3 Å². The molecule has 28 heavy (non-hydrogen) atoms. The Morgan fingerprint density at radius 2 is 1.79 bits per heavy atom. The molecule has 2 rings (SSSR count). The van der Waals surface area contributed by atoms with E-state index in [1.807, 2.05) is 32.0 Å². The summed E-state index contributed by atoms with van der Waals surface area (Å²) in [5, 5.41) is 2.47. The maximum Gasteiger partial charge on any atom is 0.416 e. The zero-order valence-electron chi connectivity index (χ0n) is 16.1. The highest BCUT2D eigenvalue weighted by molar-refractivity contribution is 5.96. The van der Waals surface area contributed by atoms with Crippen LogP contribution in [0.5, 0.6) is 0 Å². The molecule has 0 aromatic heterocycles. The van der Waals surface area contributed by atoms with Gasteiger partial charge in [0.2, 0.25) is 11.8 Å². The summed E-state index contributed by atoms with van der Waals surface area (Å²) in [5.41, 5.74) is 1.94. The lowest BCUT2D eigenvalue weighted by Gasteiger charge is -2.25. The Morgan fingerprint density at radius 1 is 1.11 bits per heavy atom. The van der Waals surface area contributed by atoms with E-state index in [1.165, 1.54) is 19.1 Å². The predicted octanol–water partition coefficient (Wildman–Crippen LogP) is 4.96. The topological polar surface area (TPSA) is 49.4 Å². The van der Waals surface area contributed by atoms with Gasteiger partial charge in [-0.25, -0.2) is 0 Å². The quantitative estimate of drug-likeness (QED) is 0.756. The molecule has 2 aromatic carbocycles. The van der Waals surface area contributed by atoms with Crippen LogP contribution in [0.4, 0.5) is 24.5 Å². The number of nitrogens with one attached hydrogen (secondary N) is 1. The Kier molecular flexibility index (Phi) is 6.83.